The van der Waals surface area contributed by atoms with Crippen LogP contribution in [0.2, 0.25) is 0 Å². The number of anilines is 2. The van der Waals surface area contributed by atoms with Gasteiger partial charge in [0.25, 0.3) is 0 Å². The molecule has 0 amide bonds. The summed E-state index contributed by atoms with van der Waals surface area (Å²) in [4.78, 5) is 9.32. The van der Waals surface area contributed by atoms with Gasteiger partial charge in [0.2, 0.25) is 0 Å². The number of pyridine rings is 1. The maximum atomic E-state index is 6.56. The van der Waals surface area contributed by atoms with E-state index in [1.807, 2.05) is 18.2 Å². The monoisotopic (exact) mass is 337 g/mol. The number of nitrogens with one attached hydrogen (secondary N) is 2. The van der Waals surface area contributed by atoms with Crippen molar-refractivity contribution >= 4 is 17.7 Å². The quantitative estimate of drug-likeness (QED) is 0.730. The van der Waals surface area contributed by atoms with Crippen molar-refractivity contribution in [3.05, 3.63) is 40.7 Å². The molecule has 0 saturated carbocycles. The maximum Gasteiger partial charge on any atom is 0.154 e. The normalized spacial score (nSPS) is 22.6. The molecule has 2 aliphatic rings. The summed E-state index contributed by atoms with van der Waals surface area (Å²) >= 11 is 0. The van der Waals surface area contributed by atoms with Gasteiger partial charge in [0.15, 0.2) is 5.82 Å². The fourth-order valence-electron chi connectivity index (χ4n) is 3.10. The van der Waals surface area contributed by atoms with E-state index in [2.05, 4.69) is 45.7 Å². The number of rotatable bonds is 4. The molecule has 130 valence electrons. The highest BCUT2D eigenvalue weighted by molar-refractivity contribution is 5.52. The summed E-state index contributed by atoms with van der Waals surface area (Å²) in [7, 11) is 0. The lowest BCUT2D eigenvalue weighted by Gasteiger charge is -2.41. The van der Waals surface area contributed by atoms with Gasteiger partial charge in [-0.25, -0.2) is 4.98 Å². The van der Waals surface area contributed by atoms with Crippen molar-refractivity contribution in [3.63, 3.8) is 0 Å². The SMILES string of the molecule is CC(C)c1cnnc(Nc2ccc3c(n2)=CC(N)(C2CNC2)CN=3)c1. The van der Waals surface area contributed by atoms with Crippen LogP contribution in [0.4, 0.5) is 11.6 Å². The Hall–Kier alpha value is -2.38. The Kier molecular flexibility index (Phi) is 3.97. The second-order valence-corrected chi connectivity index (χ2v) is 7.18. The van der Waals surface area contributed by atoms with E-state index in [1.165, 1.54) is 0 Å². The van der Waals surface area contributed by atoms with Crippen LogP contribution in [0.15, 0.2) is 29.4 Å². The van der Waals surface area contributed by atoms with E-state index in [9.17, 15) is 0 Å². The van der Waals surface area contributed by atoms with Crippen LogP contribution < -0.4 is 27.1 Å². The Morgan fingerprint density at radius 2 is 2.12 bits per heavy atom. The van der Waals surface area contributed by atoms with Crippen LogP contribution in [0.5, 0.6) is 0 Å². The predicted molar refractivity (Wildman–Crippen MR) is 97.0 cm³/mol. The molecule has 4 heterocycles. The van der Waals surface area contributed by atoms with Crippen molar-refractivity contribution in [1.29, 1.82) is 0 Å². The lowest BCUT2D eigenvalue weighted by molar-refractivity contribution is 0.249. The largest absolute Gasteiger partial charge is 0.323 e. The minimum atomic E-state index is -0.415. The van der Waals surface area contributed by atoms with Crippen LogP contribution in [0.25, 0.3) is 6.08 Å². The summed E-state index contributed by atoms with van der Waals surface area (Å²) < 4.78 is 0. The first-order chi connectivity index (χ1) is 12.0. The Labute approximate surface area is 146 Å². The molecule has 1 fully saturated rings. The standard InChI is InChI=1S/C18H23N7/c1-11(2)12-5-17(25-22-7-12)24-16-4-3-14-15(23-16)6-18(19,10-21-14)13-8-20-9-13/h3-7,11,13,20H,8-10,19H2,1-2H3,(H,23,24,25). The van der Waals surface area contributed by atoms with E-state index in [0.717, 1.165) is 35.2 Å². The minimum Gasteiger partial charge on any atom is -0.323 e. The Balaban J connectivity index is 1.64. The molecule has 0 aliphatic carbocycles. The smallest absolute Gasteiger partial charge is 0.154 e. The van der Waals surface area contributed by atoms with Crippen molar-refractivity contribution in [2.24, 2.45) is 16.6 Å². The molecule has 7 heteroatoms. The number of hydrogen-bond acceptors (Lipinski definition) is 7. The first kappa shape index (κ1) is 16.1. The van der Waals surface area contributed by atoms with Crippen LogP contribution in [0.1, 0.15) is 25.3 Å². The molecule has 0 radical (unpaired) electrons. The van der Waals surface area contributed by atoms with Gasteiger partial charge < -0.3 is 16.4 Å². The van der Waals surface area contributed by atoms with E-state index in [0.29, 0.717) is 24.2 Å². The van der Waals surface area contributed by atoms with E-state index >= 15 is 0 Å². The third-order valence-electron chi connectivity index (χ3n) is 4.97. The molecule has 4 rings (SSSR count). The molecule has 7 nitrogen and oxygen atoms in total. The van der Waals surface area contributed by atoms with Gasteiger partial charge in [0.1, 0.15) is 5.82 Å². The number of nitrogens with two attached hydrogens (primary N) is 1. The highest BCUT2D eigenvalue weighted by Gasteiger charge is 2.37. The molecule has 4 N–H and O–H groups in total. The van der Waals surface area contributed by atoms with Crippen LogP contribution >= 0.6 is 0 Å². The predicted octanol–water partition coefficient (Wildman–Crippen LogP) is 0.0692. The number of hydrogen-bond donors (Lipinski definition) is 3. The third-order valence-corrected chi connectivity index (χ3v) is 4.97. The fourth-order valence-corrected chi connectivity index (χ4v) is 3.10. The van der Waals surface area contributed by atoms with Crippen molar-refractivity contribution in [1.82, 2.24) is 20.5 Å². The van der Waals surface area contributed by atoms with Crippen LogP contribution in [-0.4, -0.2) is 40.4 Å². The highest BCUT2D eigenvalue weighted by atomic mass is 15.2. The summed E-state index contributed by atoms with van der Waals surface area (Å²) in [5.41, 5.74) is 7.28. The number of aromatic nitrogens is 3. The Morgan fingerprint density at radius 1 is 1.28 bits per heavy atom. The molecule has 2 aromatic rings. The molecular weight excluding hydrogens is 314 g/mol. The summed E-state index contributed by atoms with van der Waals surface area (Å²) in [5.74, 6) is 2.22. The molecular formula is C18H23N7. The van der Waals surface area contributed by atoms with Gasteiger partial charge in [-0.1, -0.05) is 13.8 Å². The maximum absolute atomic E-state index is 6.56. The fraction of sp³-hybridized carbons (Fsp3) is 0.444. The molecule has 1 saturated heterocycles. The first-order valence-corrected chi connectivity index (χ1v) is 8.67. The summed E-state index contributed by atoms with van der Waals surface area (Å²) in [6, 6.07) is 5.88. The number of nitrogens with zero attached hydrogens (tertiary/aromatic N) is 4. The lowest BCUT2D eigenvalue weighted by atomic mass is 9.79. The van der Waals surface area contributed by atoms with Gasteiger partial charge in [-0.05, 0) is 35.8 Å². The van der Waals surface area contributed by atoms with E-state index < -0.39 is 5.54 Å². The molecule has 1 unspecified atom stereocenters. The van der Waals surface area contributed by atoms with Gasteiger partial charge in [0, 0.05) is 19.0 Å². The molecule has 2 aliphatic heterocycles. The second-order valence-electron chi connectivity index (χ2n) is 7.18. The lowest BCUT2D eigenvalue weighted by Crippen LogP contribution is -2.63. The van der Waals surface area contributed by atoms with Crippen molar-refractivity contribution in [3.8, 4) is 0 Å². The zero-order chi connectivity index (χ0) is 17.4. The highest BCUT2D eigenvalue weighted by Crippen LogP contribution is 2.22. The average Bonchev–Trinajstić information content (AvgIpc) is 2.52. The molecule has 0 spiro atoms. The van der Waals surface area contributed by atoms with Gasteiger partial charge in [-0.2, -0.15) is 5.10 Å². The number of fused-ring (bicyclic) bond motifs is 1. The molecule has 2 aromatic heterocycles. The van der Waals surface area contributed by atoms with E-state index in [1.54, 1.807) is 6.20 Å². The minimum absolute atomic E-state index is 0.397. The van der Waals surface area contributed by atoms with E-state index in [-0.39, 0.29) is 0 Å². The summed E-state index contributed by atoms with van der Waals surface area (Å²) in [5, 5.41) is 16.4. The molecule has 0 bridgehead atoms. The van der Waals surface area contributed by atoms with Gasteiger partial charge in [-0.15, -0.1) is 5.10 Å². The average molecular weight is 337 g/mol. The van der Waals surface area contributed by atoms with Crippen LogP contribution in [0.3, 0.4) is 0 Å². The van der Waals surface area contributed by atoms with Gasteiger partial charge in [0.05, 0.1) is 29.0 Å². The van der Waals surface area contributed by atoms with Crippen molar-refractivity contribution in [2.45, 2.75) is 25.3 Å². The zero-order valence-corrected chi connectivity index (χ0v) is 14.5. The topological polar surface area (TPSA) is 101 Å². The molecule has 1 atom stereocenters. The van der Waals surface area contributed by atoms with Crippen molar-refractivity contribution in [2.75, 3.05) is 25.0 Å². The van der Waals surface area contributed by atoms with Crippen molar-refractivity contribution < 1.29 is 0 Å². The Bertz CT molecular complexity index is 904. The molecule has 25 heavy (non-hydrogen) atoms. The Morgan fingerprint density at radius 3 is 2.84 bits per heavy atom. The second kappa shape index (κ2) is 6.16. The van der Waals surface area contributed by atoms with E-state index in [4.69, 9.17) is 10.7 Å². The van der Waals surface area contributed by atoms with Crippen LogP contribution in [0, 0.1) is 5.92 Å². The summed E-state index contributed by atoms with van der Waals surface area (Å²) in [6.07, 6.45) is 3.86. The van der Waals surface area contributed by atoms with Crippen LogP contribution in [-0.2, 0) is 0 Å². The van der Waals surface area contributed by atoms with Gasteiger partial charge >= 0.3 is 0 Å². The van der Waals surface area contributed by atoms with Gasteiger partial charge in [-0.3, -0.25) is 4.99 Å². The first-order valence-electron chi connectivity index (χ1n) is 8.67. The third kappa shape index (κ3) is 3.12. The molecule has 0 aromatic carbocycles. The zero-order valence-electron chi connectivity index (χ0n) is 14.5. The summed E-state index contributed by atoms with van der Waals surface area (Å²) in [6.45, 7) is 6.75.